The summed E-state index contributed by atoms with van der Waals surface area (Å²) in [6.45, 7) is 1.17. The van der Waals surface area contributed by atoms with Gasteiger partial charge >= 0.3 is 5.69 Å². The van der Waals surface area contributed by atoms with Crippen molar-refractivity contribution in [3.63, 3.8) is 0 Å². The molecule has 1 aliphatic rings. The summed E-state index contributed by atoms with van der Waals surface area (Å²) in [7, 11) is 3.04. The van der Waals surface area contributed by atoms with Crippen LogP contribution in [0.4, 0.5) is 0 Å². The largest absolute Gasteiger partial charge is 0.457 e. The molecule has 1 aromatic carbocycles. The molecule has 0 spiro atoms. The van der Waals surface area contributed by atoms with E-state index in [0.29, 0.717) is 36.4 Å². The van der Waals surface area contributed by atoms with E-state index in [2.05, 4.69) is 4.98 Å². The van der Waals surface area contributed by atoms with Crippen LogP contribution in [0.15, 0.2) is 33.9 Å². The lowest BCUT2D eigenvalue weighted by Gasteiger charge is -2.11. The predicted octanol–water partition coefficient (Wildman–Crippen LogP) is 1.06. The highest BCUT2D eigenvalue weighted by Crippen LogP contribution is 2.26. The number of nitrogens with zero attached hydrogens (tertiary/aromatic N) is 4. The standard InChI is InChI=1S/C17H17ClN4O4/c1-20-14-13(15(23)21(2)17(20)24)19-16-22(14)7-11(26-16)9-25-8-10-5-3-4-6-12(10)18/h3-6,11H,7-9H2,1-2H3/t11-/m0/s1. The molecule has 3 aromatic rings. The van der Waals surface area contributed by atoms with Crippen molar-refractivity contribution < 1.29 is 9.47 Å². The molecule has 0 fully saturated rings. The predicted molar refractivity (Wildman–Crippen MR) is 95.7 cm³/mol. The number of aromatic nitrogens is 4. The van der Waals surface area contributed by atoms with E-state index in [-0.39, 0.29) is 11.6 Å². The number of hydrogen-bond donors (Lipinski definition) is 0. The maximum atomic E-state index is 12.2. The van der Waals surface area contributed by atoms with Crippen LogP contribution in [0.25, 0.3) is 11.2 Å². The third kappa shape index (κ3) is 2.62. The molecule has 0 saturated heterocycles. The molecule has 0 amide bonds. The highest BCUT2D eigenvalue weighted by atomic mass is 35.5. The van der Waals surface area contributed by atoms with Crippen LogP contribution >= 0.6 is 11.6 Å². The fraction of sp³-hybridized carbons (Fsp3) is 0.353. The molecule has 9 heteroatoms. The maximum absolute atomic E-state index is 12.2. The van der Waals surface area contributed by atoms with Crippen molar-refractivity contribution >= 4 is 22.8 Å². The van der Waals surface area contributed by atoms with Crippen molar-refractivity contribution in [3.8, 4) is 6.01 Å². The molecule has 1 atom stereocenters. The van der Waals surface area contributed by atoms with Crippen molar-refractivity contribution in [1.82, 2.24) is 18.7 Å². The van der Waals surface area contributed by atoms with Crippen molar-refractivity contribution in [3.05, 3.63) is 55.7 Å². The minimum Gasteiger partial charge on any atom is -0.457 e. The number of fused-ring (bicyclic) bond motifs is 3. The van der Waals surface area contributed by atoms with E-state index in [1.807, 2.05) is 24.3 Å². The fourth-order valence-corrected chi connectivity index (χ4v) is 3.31. The molecule has 0 aliphatic carbocycles. The molecule has 8 nitrogen and oxygen atoms in total. The summed E-state index contributed by atoms with van der Waals surface area (Å²) in [4.78, 5) is 28.6. The number of halogens is 1. The quantitative estimate of drug-likeness (QED) is 0.680. The molecule has 3 heterocycles. The van der Waals surface area contributed by atoms with E-state index in [0.717, 1.165) is 10.1 Å². The van der Waals surface area contributed by atoms with Gasteiger partial charge in [0.1, 0.15) is 6.10 Å². The second kappa shape index (κ2) is 6.30. The van der Waals surface area contributed by atoms with Crippen molar-refractivity contribution in [2.75, 3.05) is 6.61 Å². The van der Waals surface area contributed by atoms with Gasteiger partial charge < -0.3 is 9.47 Å². The normalized spacial score (nSPS) is 16.0. The van der Waals surface area contributed by atoms with Gasteiger partial charge in [-0.15, -0.1) is 0 Å². The Labute approximate surface area is 153 Å². The molecular weight excluding hydrogens is 360 g/mol. The maximum Gasteiger partial charge on any atom is 0.332 e. The number of ether oxygens (including phenoxy) is 2. The summed E-state index contributed by atoms with van der Waals surface area (Å²) >= 11 is 6.11. The highest BCUT2D eigenvalue weighted by Gasteiger charge is 2.29. The lowest BCUT2D eigenvalue weighted by Crippen LogP contribution is -2.37. The van der Waals surface area contributed by atoms with Crippen molar-refractivity contribution in [2.24, 2.45) is 14.1 Å². The first kappa shape index (κ1) is 16.9. The van der Waals surface area contributed by atoms with Crippen LogP contribution in [-0.2, 0) is 32.0 Å². The molecule has 0 N–H and O–H groups in total. The Balaban J connectivity index is 1.52. The summed E-state index contributed by atoms with van der Waals surface area (Å²) < 4.78 is 15.7. The monoisotopic (exact) mass is 376 g/mol. The molecule has 0 radical (unpaired) electrons. The van der Waals surface area contributed by atoms with Gasteiger partial charge in [-0.25, -0.2) is 4.79 Å². The number of rotatable bonds is 4. The van der Waals surface area contributed by atoms with Crippen LogP contribution in [0, 0.1) is 0 Å². The van der Waals surface area contributed by atoms with E-state index in [1.165, 1.54) is 11.6 Å². The first-order valence-corrected chi connectivity index (χ1v) is 8.49. The van der Waals surface area contributed by atoms with E-state index >= 15 is 0 Å². The Hall–Kier alpha value is -2.58. The fourth-order valence-electron chi connectivity index (χ4n) is 3.12. The summed E-state index contributed by atoms with van der Waals surface area (Å²) in [5.41, 5.74) is 0.756. The van der Waals surface area contributed by atoms with Gasteiger partial charge in [0.25, 0.3) is 11.6 Å². The average molecular weight is 377 g/mol. The smallest absolute Gasteiger partial charge is 0.332 e. The van der Waals surface area contributed by atoms with Crippen molar-refractivity contribution in [1.29, 1.82) is 0 Å². The zero-order valence-electron chi connectivity index (χ0n) is 14.3. The second-order valence-electron chi connectivity index (χ2n) is 6.23. The van der Waals surface area contributed by atoms with Crippen molar-refractivity contribution in [2.45, 2.75) is 19.3 Å². The Morgan fingerprint density at radius 1 is 1.27 bits per heavy atom. The molecule has 1 aliphatic heterocycles. The molecule has 0 bridgehead atoms. The summed E-state index contributed by atoms with van der Waals surface area (Å²) in [5.74, 6) is 0. The molecular formula is C17H17ClN4O4. The van der Waals surface area contributed by atoms with E-state index in [9.17, 15) is 9.59 Å². The molecule has 136 valence electrons. The Kier molecular flexibility index (Phi) is 4.08. The van der Waals surface area contributed by atoms with E-state index < -0.39 is 11.2 Å². The van der Waals surface area contributed by atoms with Gasteiger partial charge in [0.15, 0.2) is 11.2 Å². The van der Waals surface area contributed by atoms with Gasteiger partial charge in [0.05, 0.1) is 19.8 Å². The highest BCUT2D eigenvalue weighted by molar-refractivity contribution is 6.31. The first-order valence-electron chi connectivity index (χ1n) is 8.11. The third-order valence-corrected chi connectivity index (χ3v) is 4.85. The van der Waals surface area contributed by atoms with Crippen LogP contribution in [0.3, 0.4) is 0 Å². The van der Waals surface area contributed by atoms with Crippen LogP contribution in [0.2, 0.25) is 5.02 Å². The summed E-state index contributed by atoms with van der Waals surface area (Å²) in [6, 6.07) is 7.81. The van der Waals surface area contributed by atoms with Gasteiger partial charge in [-0.3, -0.25) is 18.5 Å². The molecule has 0 saturated carbocycles. The van der Waals surface area contributed by atoms with Crippen LogP contribution in [0.5, 0.6) is 6.01 Å². The third-order valence-electron chi connectivity index (χ3n) is 4.48. The lowest BCUT2D eigenvalue weighted by atomic mass is 10.2. The van der Waals surface area contributed by atoms with Crippen LogP contribution in [-0.4, -0.2) is 31.4 Å². The minimum atomic E-state index is -0.430. The number of hydrogen-bond acceptors (Lipinski definition) is 5. The zero-order valence-corrected chi connectivity index (χ0v) is 15.1. The van der Waals surface area contributed by atoms with Crippen LogP contribution in [0.1, 0.15) is 5.56 Å². The summed E-state index contributed by atoms with van der Waals surface area (Å²) in [6.07, 6.45) is -0.247. The number of imidazole rings is 1. The molecule has 2 aromatic heterocycles. The number of benzene rings is 1. The van der Waals surface area contributed by atoms with Gasteiger partial charge in [0, 0.05) is 19.1 Å². The summed E-state index contributed by atoms with van der Waals surface area (Å²) in [5, 5.41) is 0.657. The number of aryl methyl sites for hydroxylation is 1. The average Bonchev–Trinajstić information content (AvgIpc) is 3.17. The van der Waals surface area contributed by atoms with Gasteiger partial charge in [-0.05, 0) is 11.6 Å². The lowest BCUT2D eigenvalue weighted by molar-refractivity contribution is 0.0487. The topological polar surface area (TPSA) is 80.3 Å². The SMILES string of the molecule is Cn1c(=O)c2nc3n(c2n(C)c1=O)C[C@@H](COCc1ccccc1Cl)O3. The Morgan fingerprint density at radius 2 is 2.04 bits per heavy atom. The molecule has 26 heavy (non-hydrogen) atoms. The Bertz CT molecular complexity index is 1110. The van der Waals surface area contributed by atoms with Gasteiger partial charge in [-0.1, -0.05) is 29.8 Å². The molecule has 4 rings (SSSR count). The first-order chi connectivity index (χ1) is 12.5. The zero-order chi connectivity index (χ0) is 18.4. The van der Waals surface area contributed by atoms with E-state index in [4.69, 9.17) is 21.1 Å². The van der Waals surface area contributed by atoms with E-state index in [1.54, 1.807) is 11.6 Å². The Morgan fingerprint density at radius 3 is 2.81 bits per heavy atom. The van der Waals surface area contributed by atoms with Gasteiger partial charge in [0.2, 0.25) is 0 Å². The second-order valence-corrected chi connectivity index (χ2v) is 6.64. The van der Waals surface area contributed by atoms with Crippen LogP contribution < -0.4 is 16.0 Å². The van der Waals surface area contributed by atoms with Gasteiger partial charge in [-0.2, -0.15) is 4.98 Å². The minimum absolute atomic E-state index is 0.222. The molecule has 0 unspecified atom stereocenters.